The van der Waals surface area contributed by atoms with E-state index in [0.29, 0.717) is 12.3 Å². The number of aromatic nitrogens is 3. The summed E-state index contributed by atoms with van der Waals surface area (Å²) < 4.78 is 7.21. The van der Waals surface area contributed by atoms with Crippen molar-refractivity contribution in [3.8, 4) is 5.69 Å². The van der Waals surface area contributed by atoms with Crippen LogP contribution in [0.25, 0.3) is 5.69 Å². The lowest BCUT2D eigenvalue weighted by molar-refractivity contribution is 0.0767. The molecule has 1 aromatic carbocycles. The van der Waals surface area contributed by atoms with Crippen molar-refractivity contribution in [2.45, 2.75) is 25.6 Å². The summed E-state index contributed by atoms with van der Waals surface area (Å²) in [4.78, 5) is 0. The van der Waals surface area contributed by atoms with Crippen LogP contribution in [0, 0.1) is 5.92 Å². The van der Waals surface area contributed by atoms with Crippen LogP contribution in [-0.4, -0.2) is 32.8 Å². The van der Waals surface area contributed by atoms with Crippen LogP contribution in [0.2, 0.25) is 0 Å². The van der Waals surface area contributed by atoms with Gasteiger partial charge in [-0.05, 0) is 25.5 Å². The molecule has 0 bridgehead atoms. The highest BCUT2D eigenvalue weighted by atomic mass is 16.5. The Kier molecular flexibility index (Phi) is 3.31. The Labute approximate surface area is 111 Å². The van der Waals surface area contributed by atoms with Gasteiger partial charge in [0.05, 0.1) is 30.3 Å². The number of nitrogens with zero attached hydrogens (tertiary/aromatic N) is 3. The lowest BCUT2D eigenvalue weighted by atomic mass is 9.97. The van der Waals surface area contributed by atoms with Crippen LogP contribution in [0.15, 0.2) is 36.5 Å². The number of rotatable bonds is 3. The molecule has 3 atom stereocenters. The highest BCUT2D eigenvalue weighted by Gasteiger charge is 2.31. The second-order valence-electron chi connectivity index (χ2n) is 4.99. The highest BCUT2D eigenvalue weighted by Crippen LogP contribution is 2.31. The molecule has 1 aliphatic rings. The molecule has 0 amide bonds. The molecule has 3 rings (SSSR count). The molecule has 19 heavy (non-hydrogen) atoms. The zero-order valence-electron chi connectivity index (χ0n) is 10.8. The van der Waals surface area contributed by atoms with Crippen molar-refractivity contribution in [1.29, 1.82) is 0 Å². The third-order valence-electron chi connectivity index (χ3n) is 3.56. The van der Waals surface area contributed by atoms with Gasteiger partial charge in [0, 0.05) is 5.92 Å². The maximum atomic E-state index is 10.5. The van der Waals surface area contributed by atoms with Gasteiger partial charge in [-0.3, -0.25) is 0 Å². The topological polar surface area (TPSA) is 60.2 Å². The zero-order chi connectivity index (χ0) is 13.2. The van der Waals surface area contributed by atoms with Gasteiger partial charge in [0.25, 0.3) is 0 Å². The van der Waals surface area contributed by atoms with Crippen molar-refractivity contribution >= 4 is 0 Å². The molecule has 5 heteroatoms. The fraction of sp³-hybridized carbons (Fsp3) is 0.429. The Morgan fingerprint density at radius 1 is 1.37 bits per heavy atom. The smallest absolute Gasteiger partial charge is 0.103 e. The molecule has 0 spiro atoms. The monoisotopic (exact) mass is 259 g/mol. The van der Waals surface area contributed by atoms with E-state index in [1.807, 2.05) is 37.3 Å². The van der Waals surface area contributed by atoms with E-state index in [1.165, 1.54) is 0 Å². The molecule has 100 valence electrons. The summed E-state index contributed by atoms with van der Waals surface area (Å²) in [5.74, 6) is 0.107. The molecule has 1 aromatic heterocycles. The van der Waals surface area contributed by atoms with Crippen molar-refractivity contribution in [3.05, 3.63) is 42.2 Å². The van der Waals surface area contributed by atoms with E-state index >= 15 is 0 Å². The van der Waals surface area contributed by atoms with Crippen LogP contribution >= 0.6 is 0 Å². The lowest BCUT2D eigenvalue weighted by Crippen LogP contribution is -2.16. The molecule has 2 heterocycles. The molecule has 2 aromatic rings. The summed E-state index contributed by atoms with van der Waals surface area (Å²) in [6.45, 7) is 2.61. The minimum Gasteiger partial charge on any atom is -0.386 e. The van der Waals surface area contributed by atoms with Crippen molar-refractivity contribution in [1.82, 2.24) is 15.0 Å². The first-order chi connectivity index (χ1) is 9.25. The molecule has 1 saturated heterocycles. The number of aliphatic hydroxyl groups is 1. The lowest BCUT2D eigenvalue weighted by Gasteiger charge is -2.17. The fourth-order valence-electron chi connectivity index (χ4n) is 2.53. The first-order valence-electron chi connectivity index (χ1n) is 6.51. The van der Waals surface area contributed by atoms with Crippen molar-refractivity contribution in [2.24, 2.45) is 5.92 Å². The quantitative estimate of drug-likeness (QED) is 0.912. The molecule has 0 radical (unpaired) electrons. The average molecular weight is 259 g/mol. The number of benzene rings is 1. The standard InChI is InChI=1S/C14H17N3O2/c1-10-7-11(9-19-10)14(18)13-8-15-16-17(13)12-5-3-2-4-6-12/h2-6,8,10-11,14,18H,7,9H2,1H3. The van der Waals surface area contributed by atoms with Gasteiger partial charge in [0.1, 0.15) is 6.10 Å². The van der Waals surface area contributed by atoms with E-state index in [9.17, 15) is 5.11 Å². The van der Waals surface area contributed by atoms with Crippen LogP contribution in [0.1, 0.15) is 25.1 Å². The van der Waals surface area contributed by atoms with E-state index in [1.54, 1.807) is 10.9 Å². The van der Waals surface area contributed by atoms with E-state index in [-0.39, 0.29) is 12.0 Å². The first-order valence-corrected chi connectivity index (χ1v) is 6.51. The van der Waals surface area contributed by atoms with Crippen LogP contribution in [0.5, 0.6) is 0 Å². The van der Waals surface area contributed by atoms with E-state index in [4.69, 9.17) is 4.74 Å². The Balaban J connectivity index is 1.88. The summed E-state index contributed by atoms with van der Waals surface area (Å²) >= 11 is 0. The van der Waals surface area contributed by atoms with Gasteiger partial charge in [0.15, 0.2) is 0 Å². The Hall–Kier alpha value is -1.72. The second kappa shape index (κ2) is 5.11. The maximum absolute atomic E-state index is 10.5. The van der Waals surface area contributed by atoms with Gasteiger partial charge in [0.2, 0.25) is 0 Å². The molecule has 1 fully saturated rings. The minimum absolute atomic E-state index is 0.107. The number of hydrogen-bond acceptors (Lipinski definition) is 4. The molecule has 1 aliphatic heterocycles. The predicted octanol–water partition coefficient (Wildman–Crippen LogP) is 1.73. The summed E-state index contributed by atoms with van der Waals surface area (Å²) in [5.41, 5.74) is 1.62. The largest absolute Gasteiger partial charge is 0.386 e. The molecule has 3 unspecified atom stereocenters. The van der Waals surface area contributed by atoms with Crippen LogP contribution in [0.3, 0.4) is 0 Å². The van der Waals surface area contributed by atoms with Gasteiger partial charge >= 0.3 is 0 Å². The molecule has 0 aliphatic carbocycles. The summed E-state index contributed by atoms with van der Waals surface area (Å²) in [6, 6.07) is 9.71. The van der Waals surface area contributed by atoms with E-state index < -0.39 is 6.10 Å². The molecule has 1 N–H and O–H groups in total. The Bertz CT molecular complexity index is 541. The number of ether oxygens (including phenoxy) is 1. The zero-order valence-corrected chi connectivity index (χ0v) is 10.8. The third kappa shape index (κ3) is 2.39. The van der Waals surface area contributed by atoms with Crippen LogP contribution in [-0.2, 0) is 4.74 Å². The van der Waals surface area contributed by atoms with E-state index in [0.717, 1.165) is 12.1 Å². The van der Waals surface area contributed by atoms with Gasteiger partial charge in [-0.2, -0.15) is 0 Å². The molecule has 5 nitrogen and oxygen atoms in total. The van der Waals surface area contributed by atoms with Crippen molar-refractivity contribution in [2.75, 3.05) is 6.61 Å². The highest BCUT2D eigenvalue weighted by molar-refractivity contribution is 5.32. The second-order valence-corrected chi connectivity index (χ2v) is 4.99. The third-order valence-corrected chi connectivity index (χ3v) is 3.56. The van der Waals surface area contributed by atoms with Gasteiger partial charge in [-0.25, -0.2) is 4.68 Å². The van der Waals surface area contributed by atoms with Crippen LogP contribution < -0.4 is 0 Å². The number of para-hydroxylation sites is 1. The molecular formula is C14H17N3O2. The fourth-order valence-corrected chi connectivity index (χ4v) is 2.53. The number of hydrogen-bond donors (Lipinski definition) is 1. The minimum atomic E-state index is -0.597. The summed E-state index contributed by atoms with van der Waals surface area (Å²) in [6.07, 6.45) is 2.10. The Morgan fingerprint density at radius 3 is 2.84 bits per heavy atom. The SMILES string of the molecule is CC1CC(C(O)c2cnnn2-c2ccccc2)CO1. The van der Waals surface area contributed by atoms with Crippen molar-refractivity contribution < 1.29 is 9.84 Å². The normalized spacial score (nSPS) is 24.5. The average Bonchev–Trinajstić information content (AvgIpc) is 3.07. The Morgan fingerprint density at radius 2 is 2.16 bits per heavy atom. The maximum Gasteiger partial charge on any atom is 0.103 e. The first kappa shape index (κ1) is 12.3. The van der Waals surface area contributed by atoms with Gasteiger partial charge in [-0.1, -0.05) is 23.4 Å². The summed E-state index contributed by atoms with van der Waals surface area (Å²) in [7, 11) is 0. The number of aliphatic hydroxyl groups excluding tert-OH is 1. The van der Waals surface area contributed by atoms with Gasteiger partial charge < -0.3 is 9.84 Å². The predicted molar refractivity (Wildman–Crippen MR) is 69.8 cm³/mol. The summed E-state index contributed by atoms with van der Waals surface area (Å²) in [5, 5.41) is 18.5. The molecule has 0 saturated carbocycles. The van der Waals surface area contributed by atoms with E-state index in [2.05, 4.69) is 10.3 Å². The van der Waals surface area contributed by atoms with Crippen molar-refractivity contribution in [3.63, 3.8) is 0 Å². The molecular weight excluding hydrogens is 242 g/mol. The van der Waals surface area contributed by atoms with Gasteiger partial charge in [-0.15, -0.1) is 5.10 Å². The van der Waals surface area contributed by atoms with Crippen LogP contribution in [0.4, 0.5) is 0 Å².